The zero-order valence-electron chi connectivity index (χ0n) is 14.1. The maximum absolute atomic E-state index is 10.2. The van der Waals surface area contributed by atoms with Crippen LogP contribution in [-0.4, -0.2) is 17.2 Å². The highest BCUT2D eigenvalue weighted by molar-refractivity contribution is 5.64. The summed E-state index contributed by atoms with van der Waals surface area (Å²) in [5.74, 6) is -0.993. The molecule has 3 heteroatoms. The Morgan fingerprint density at radius 2 is 1.70 bits per heavy atom. The third kappa shape index (κ3) is 18.1. The minimum atomic E-state index is -0.993. The molecule has 0 aliphatic carbocycles. The molecule has 0 rings (SSSR count). The van der Waals surface area contributed by atoms with Gasteiger partial charge in [-0.2, -0.15) is 0 Å². The molecular formula is C20H29O3-. The molecule has 0 unspecified atom stereocenters. The molecule has 0 aliphatic heterocycles. The second-order valence-electron chi connectivity index (χ2n) is 5.17. The summed E-state index contributed by atoms with van der Waals surface area (Å²) in [6.07, 6.45) is 24.2. The molecule has 0 aromatic heterocycles. The fourth-order valence-electron chi connectivity index (χ4n) is 1.76. The van der Waals surface area contributed by atoms with Crippen LogP contribution in [0.25, 0.3) is 0 Å². The lowest BCUT2D eigenvalue weighted by atomic mass is 10.2. The van der Waals surface area contributed by atoms with Gasteiger partial charge in [-0.3, -0.25) is 0 Å². The van der Waals surface area contributed by atoms with E-state index in [1.807, 2.05) is 36.5 Å². The van der Waals surface area contributed by atoms with E-state index in [1.165, 1.54) is 0 Å². The Hall–Kier alpha value is -1.87. The number of rotatable bonds is 13. The standard InChI is InChI=1S/C20H30O3/c1-2-3-4-5-7-10-13-16-19(21)17-14-11-8-6-9-12-15-18-20(22)23/h3-4,6-7,9-11,13-14,16,19,21H,2,5,8,12,15,17-18H2,1H3,(H,22,23)/p-1/b4-3-,9-6-,10-7-,14-11-,16-13+/t19-/m0/s1. The molecule has 128 valence electrons. The van der Waals surface area contributed by atoms with E-state index in [0.29, 0.717) is 12.8 Å². The first-order chi connectivity index (χ1) is 11.2. The summed E-state index contributed by atoms with van der Waals surface area (Å²) in [6, 6.07) is 0. The molecule has 1 N–H and O–H groups in total. The first-order valence-corrected chi connectivity index (χ1v) is 8.33. The Balaban J connectivity index is 3.67. The number of aliphatic hydroxyl groups is 1. The SMILES string of the molecule is CC/C=C\C/C=C\C=C\[C@H](O)C/C=C\C/C=C\CCCC(=O)[O-]. The number of hydrogen-bond donors (Lipinski definition) is 1. The second-order valence-corrected chi connectivity index (χ2v) is 5.17. The smallest absolute Gasteiger partial charge is 0.0758 e. The largest absolute Gasteiger partial charge is 0.550 e. The van der Waals surface area contributed by atoms with Gasteiger partial charge in [0.05, 0.1) is 6.10 Å². The third-order valence-corrected chi connectivity index (χ3v) is 2.99. The highest BCUT2D eigenvalue weighted by Crippen LogP contribution is 2.00. The summed E-state index contributed by atoms with van der Waals surface area (Å²) >= 11 is 0. The molecule has 0 heterocycles. The summed E-state index contributed by atoms with van der Waals surface area (Å²) < 4.78 is 0. The Labute approximate surface area is 140 Å². The molecule has 23 heavy (non-hydrogen) atoms. The predicted octanol–water partition coefficient (Wildman–Crippen LogP) is 3.63. The van der Waals surface area contributed by atoms with Gasteiger partial charge in [-0.15, -0.1) is 0 Å². The van der Waals surface area contributed by atoms with Gasteiger partial charge >= 0.3 is 0 Å². The first-order valence-electron chi connectivity index (χ1n) is 8.33. The first kappa shape index (κ1) is 21.1. The van der Waals surface area contributed by atoms with Gasteiger partial charge in [0.1, 0.15) is 0 Å². The normalized spacial score (nSPS) is 14.2. The Bertz CT molecular complexity index is 428. The van der Waals surface area contributed by atoms with E-state index in [9.17, 15) is 15.0 Å². The fraction of sp³-hybridized carbons (Fsp3) is 0.450. The van der Waals surface area contributed by atoms with Crippen molar-refractivity contribution in [3.63, 3.8) is 0 Å². The van der Waals surface area contributed by atoms with Crippen LogP contribution in [0.5, 0.6) is 0 Å². The zero-order chi connectivity index (χ0) is 17.2. The van der Waals surface area contributed by atoms with E-state index in [4.69, 9.17) is 0 Å². The number of carbonyl (C=O) groups excluding carboxylic acids is 1. The molecule has 0 aliphatic rings. The average molecular weight is 317 g/mol. The number of aliphatic carboxylic acids is 1. The summed E-state index contributed by atoms with van der Waals surface area (Å²) in [6.45, 7) is 2.11. The van der Waals surface area contributed by atoms with Crippen LogP contribution < -0.4 is 5.11 Å². The van der Waals surface area contributed by atoms with Crippen molar-refractivity contribution in [2.45, 2.75) is 58.0 Å². The highest BCUT2D eigenvalue weighted by Gasteiger charge is 1.92. The lowest BCUT2D eigenvalue weighted by Crippen LogP contribution is -2.21. The average Bonchev–Trinajstić information content (AvgIpc) is 2.52. The van der Waals surface area contributed by atoms with Crippen LogP contribution in [0.15, 0.2) is 60.8 Å². The van der Waals surface area contributed by atoms with Gasteiger partial charge in [0.2, 0.25) is 0 Å². The van der Waals surface area contributed by atoms with Crippen molar-refractivity contribution in [2.75, 3.05) is 0 Å². The van der Waals surface area contributed by atoms with Gasteiger partial charge in [-0.05, 0) is 44.9 Å². The Morgan fingerprint density at radius 1 is 1.00 bits per heavy atom. The molecule has 0 saturated carbocycles. The number of unbranched alkanes of at least 4 members (excludes halogenated alkanes) is 1. The maximum atomic E-state index is 10.2. The minimum Gasteiger partial charge on any atom is -0.550 e. The van der Waals surface area contributed by atoms with Crippen LogP contribution in [-0.2, 0) is 4.79 Å². The quantitative estimate of drug-likeness (QED) is 0.320. The number of aliphatic hydroxyl groups excluding tert-OH is 1. The van der Waals surface area contributed by atoms with Crippen LogP contribution in [0.1, 0.15) is 51.9 Å². The van der Waals surface area contributed by atoms with Gasteiger partial charge in [0.25, 0.3) is 0 Å². The van der Waals surface area contributed by atoms with Crippen LogP contribution in [0, 0.1) is 0 Å². The summed E-state index contributed by atoms with van der Waals surface area (Å²) in [5, 5.41) is 20.0. The molecule has 0 bridgehead atoms. The maximum Gasteiger partial charge on any atom is 0.0758 e. The molecular weight excluding hydrogens is 288 g/mol. The van der Waals surface area contributed by atoms with Crippen molar-refractivity contribution in [3.8, 4) is 0 Å². The fourth-order valence-corrected chi connectivity index (χ4v) is 1.76. The van der Waals surface area contributed by atoms with Crippen molar-refractivity contribution in [3.05, 3.63) is 60.8 Å². The van der Waals surface area contributed by atoms with Crippen LogP contribution in [0.3, 0.4) is 0 Å². The van der Waals surface area contributed by atoms with Crippen LogP contribution in [0.4, 0.5) is 0 Å². The third-order valence-electron chi connectivity index (χ3n) is 2.99. The number of allylic oxidation sites excluding steroid dienone is 8. The molecule has 0 aromatic rings. The van der Waals surface area contributed by atoms with E-state index in [0.717, 1.165) is 25.7 Å². The van der Waals surface area contributed by atoms with E-state index < -0.39 is 12.1 Å². The molecule has 0 fully saturated rings. The topological polar surface area (TPSA) is 60.4 Å². The van der Waals surface area contributed by atoms with Crippen molar-refractivity contribution in [2.24, 2.45) is 0 Å². The van der Waals surface area contributed by atoms with Crippen molar-refractivity contribution in [1.82, 2.24) is 0 Å². The molecule has 1 atom stereocenters. The van der Waals surface area contributed by atoms with E-state index in [2.05, 4.69) is 25.2 Å². The van der Waals surface area contributed by atoms with Crippen molar-refractivity contribution in [1.29, 1.82) is 0 Å². The Kier molecular flexibility index (Phi) is 15.2. The minimum absolute atomic E-state index is 0.113. The van der Waals surface area contributed by atoms with Crippen molar-refractivity contribution < 1.29 is 15.0 Å². The van der Waals surface area contributed by atoms with Crippen LogP contribution >= 0.6 is 0 Å². The molecule has 0 radical (unpaired) electrons. The van der Waals surface area contributed by atoms with E-state index in [-0.39, 0.29) is 6.42 Å². The predicted molar refractivity (Wildman–Crippen MR) is 94.7 cm³/mol. The monoisotopic (exact) mass is 317 g/mol. The number of hydrogen-bond acceptors (Lipinski definition) is 3. The highest BCUT2D eigenvalue weighted by atomic mass is 16.4. The molecule has 0 aromatic carbocycles. The van der Waals surface area contributed by atoms with Gasteiger partial charge in [-0.1, -0.05) is 67.7 Å². The van der Waals surface area contributed by atoms with Gasteiger partial charge < -0.3 is 15.0 Å². The summed E-state index contributed by atoms with van der Waals surface area (Å²) in [4.78, 5) is 10.2. The lowest BCUT2D eigenvalue weighted by molar-refractivity contribution is -0.305. The number of carbonyl (C=O) groups is 1. The van der Waals surface area contributed by atoms with Crippen molar-refractivity contribution >= 4 is 5.97 Å². The molecule has 0 spiro atoms. The molecule has 3 nitrogen and oxygen atoms in total. The van der Waals surface area contributed by atoms with Gasteiger partial charge in [0, 0.05) is 5.97 Å². The Morgan fingerprint density at radius 3 is 2.43 bits per heavy atom. The second kappa shape index (κ2) is 16.5. The zero-order valence-corrected chi connectivity index (χ0v) is 14.1. The van der Waals surface area contributed by atoms with Crippen LogP contribution in [0.2, 0.25) is 0 Å². The molecule has 0 amide bonds. The number of carboxylic acid groups (broad SMARTS) is 1. The molecule has 0 saturated heterocycles. The summed E-state index contributed by atoms with van der Waals surface area (Å²) in [7, 11) is 0. The van der Waals surface area contributed by atoms with Gasteiger partial charge in [-0.25, -0.2) is 0 Å². The summed E-state index contributed by atoms with van der Waals surface area (Å²) in [5.41, 5.74) is 0. The van der Waals surface area contributed by atoms with Gasteiger partial charge in [0.15, 0.2) is 0 Å². The van der Waals surface area contributed by atoms with E-state index >= 15 is 0 Å². The number of carboxylic acids is 1. The lowest BCUT2D eigenvalue weighted by Gasteiger charge is -1.99. The van der Waals surface area contributed by atoms with E-state index in [1.54, 1.807) is 6.08 Å².